The molecule has 126 valence electrons. The van der Waals surface area contributed by atoms with Gasteiger partial charge in [0.15, 0.2) is 0 Å². The standard InChI is InChI=1S/C16H24N4O3/c1-19(2)15(23)5-11-7-20(9-13(11)21)8-12-6-14(22)18-16(17-12)10-3-4-10/h6,10-11,13,21H,3-5,7-9H2,1-2H3,(H,17,18,22)/t11-,13-/m1/s1. The van der Waals surface area contributed by atoms with Crippen molar-refractivity contribution in [3.63, 3.8) is 0 Å². The maximum atomic E-state index is 11.8. The van der Waals surface area contributed by atoms with E-state index in [2.05, 4.69) is 14.9 Å². The van der Waals surface area contributed by atoms with Crippen LogP contribution in [0.4, 0.5) is 0 Å². The summed E-state index contributed by atoms with van der Waals surface area (Å²) in [7, 11) is 3.45. The summed E-state index contributed by atoms with van der Waals surface area (Å²) >= 11 is 0. The zero-order valence-electron chi connectivity index (χ0n) is 13.7. The van der Waals surface area contributed by atoms with Gasteiger partial charge in [-0.05, 0) is 12.8 Å². The Kier molecular flexibility index (Phi) is 4.50. The molecule has 7 nitrogen and oxygen atoms in total. The summed E-state index contributed by atoms with van der Waals surface area (Å²) in [4.78, 5) is 34.5. The minimum Gasteiger partial charge on any atom is -0.391 e. The number of nitrogens with one attached hydrogen (secondary N) is 1. The largest absolute Gasteiger partial charge is 0.391 e. The van der Waals surface area contributed by atoms with Gasteiger partial charge in [-0.25, -0.2) is 4.98 Å². The monoisotopic (exact) mass is 320 g/mol. The van der Waals surface area contributed by atoms with Gasteiger partial charge >= 0.3 is 0 Å². The second-order valence-electron chi connectivity index (χ2n) is 6.91. The number of aromatic nitrogens is 2. The van der Waals surface area contributed by atoms with Crippen molar-refractivity contribution in [1.82, 2.24) is 19.8 Å². The number of aromatic amines is 1. The van der Waals surface area contributed by atoms with Gasteiger partial charge in [0.2, 0.25) is 5.91 Å². The third kappa shape index (κ3) is 3.97. The second-order valence-corrected chi connectivity index (χ2v) is 6.91. The van der Waals surface area contributed by atoms with Crippen LogP contribution in [0, 0.1) is 5.92 Å². The molecule has 1 aliphatic heterocycles. The van der Waals surface area contributed by atoms with Gasteiger partial charge in [0.05, 0.1) is 11.8 Å². The van der Waals surface area contributed by atoms with Crippen LogP contribution < -0.4 is 5.56 Å². The molecule has 2 aliphatic rings. The molecular formula is C16H24N4O3. The highest BCUT2D eigenvalue weighted by molar-refractivity contribution is 5.75. The zero-order valence-corrected chi connectivity index (χ0v) is 13.7. The molecule has 2 fully saturated rings. The lowest BCUT2D eigenvalue weighted by atomic mass is 10.0. The summed E-state index contributed by atoms with van der Waals surface area (Å²) in [5.74, 6) is 1.15. The first-order valence-corrected chi connectivity index (χ1v) is 8.13. The molecule has 1 aliphatic carbocycles. The van der Waals surface area contributed by atoms with Crippen molar-refractivity contribution in [3.05, 3.63) is 27.9 Å². The Morgan fingerprint density at radius 3 is 2.83 bits per heavy atom. The van der Waals surface area contributed by atoms with Crippen LogP contribution in [0.5, 0.6) is 0 Å². The van der Waals surface area contributed by atoms with Gasteiger partial charge in [0.1, 0.15) is 5.82 Å². The van der Waals surface area contributed by atoms with Crippen molar-refractivity contribution < 1.29 is 9.90 Å². The molecular weight excluding hydrogens is 296 g/mol. The van der Waals surface area contributed by atoms with E-state index < -0.39 is 6.10 Å². The molecule has 3 rings (SSSR count). The van der Waals surface area contributed by atoms with E-state index in [4.69, 9.17) is 0 Å². The number of β-amino-alcohol motifs (C(OH)–C–C–N with tert-alkyl or cyclic N) is 1. The number of hydrogen-bond acceptors (Lipinski definition) is 5. The van der Waals surface area contributed by atoms with Crippen LogP contribution in [-0.2, 0) is 11.3 Å². The molecule has 7 heteroatoms. The van der Waals surface area contributed by atoms with Crippen molar-refractivity contribution in [3.8, 4) is 0 Å². The molecule has 1 saturated carbocycles. The van der Waals surface area contributed by atoms with Crippen molar-refractivity contribution in [1.29, 1.82) is 0 Å². The smallest absolute Gasteiger partial charge is 0.251 e. The van der Waals surface area contributed by atoms with Gasteiger partial charge < -0.3 is 15.0 Å². The number of H-pyrrole nitrogens is 1. The van der Waals surface area contributed by atoms with Gasteiger partial charge in [-0.3, -0.25) is 14.5 Å². The Bertz CT molecular complexity index is 638. The topological polar surface area (TPSA) is 89.5 Å². The van der Waals surface area contributed by atoms with E-state index in [0.717, 1.165) is 24.4 Å². The predicted octanol–water partition coefficient (Wildman–Crippen LogP) is -0.0817. The third-order valence-electron chi connectivity index (χ3n) is 4.58. The minimum atomic E-state index is -0.510. The molecule has 0 unspecified atom stereocenters. The molecule has 0 spiro atoms. The maximum absolute atomic E-state index is 11.8. The Morgan fingerprint density at radius 2 is 2.17 bits per heavy atom. The lowest BCUT2D eigenvalue weighted by Crippen LogP contribution is -2.28. The SMILES string of the molecule is CN(C)C(=O)C[C@@H]1CN(Cc2cc(=O)[nH]c(C3CC3)n2)C[C@H]1O. The first-order valence-electron chi connectivity index (χ1n) is 8.13. The van der Waals surface area contributed by atoms with E-state index in [0.29, 0.717) is 32.0 Å². The van der Waals surface area contributed by atoms with E-state index in [1.165, 1.54) is 6.07 Å². The Labute approximate surface area is 135 Å². The molecule has 2 heterocycles. The van der Waals surface area contributed by atoms with Crippen molar-refractivity contribution in [2.45, 2.75) is 37.8 Å². The summed E-state index contributed by atoms with van der Waals surface area (Å²) < 4.78 is 0. The lowest BCUT2D eigenvalue weighted by Gasteiger charge is -2.17. The molecule has 23 heavy (non-hydrogen) atoms. The fourth-order valence-corrected chi connectivity index (χ4v) is 3.07. The van der Waals surface area contributed by atoms with Crippen LogP contribution in [-0.4, -0.2) is 64.1 Å². The van der Waals surface area contributed by atoms with Crippen LogP contribution in [0.2, 0.25) is 0 Å². The fourth-order valence-electron chi connectivity index (χ4n) is 3.07. The first kappa shape index (κ1) is 16.1. The Balaban J connectivity index is 1.63. The lowest BCUT2D eigenvalue weighted by molar-refractivity contribution is -0.130. The number of likely N-dealkylation sites (tertiary alicyclic amines) is 1. The van der Waals surface area contributed by atoms with E-state index in [1.54, 1.807) is 19.0 Å². The van der Waals surface area contributed by atoms with Crippen LogP contribution in [0.1, 0.15) is 36.7 Å². The van der Waals surface area contributed by atoms with E-state index in [-0.39, 0.29) is 17.4 Å². The summed E-state index contributed by atoms with van der Waals surface area (Å²) in [6, 6.07) is 1.52. The molecule has 0 bridgehead atoms. The van der Waals surface area contributed by atoms with E-state index in [1.807, 2.05) is 0 Å². The highest BCUT2D eigenvalue weighted by Crippen LogP contribution is 2.37. The Morgan fingerprint density at radius 1 is 1.43 bits per heavy atom. The van der Waals surface area contributed by atoms with Gasteiger partial charge in [-0.15, -0.1) is 0 Å². The normalized spacial score (nSPS) is 24.8. The molecule has 1 aromatic rings. The number of aliphatic hydroxyl groups is 1. The quantitative estimate of drug-likeness (QED) is 0.792. The summed E-state index contributed by atoms with van der Waals surface area (Å²) in [6.45, 7) is 1.69. The number of carbonyl (C=O) groups is 1. The van der Waals surface area contributed by atoms with Gasteiger partial charge in [0.25, 0.3) is 5.56 Å². The number of nitrogens with zero attached hydrogens (tertiary/aromatic N) is 3. The summed E-state index contributed by atoms with van der Waals surface area (Å²) in [6.07, 6.45) is 2.01. The van der Waals surface area contributed by atoms with Crippen LogP contribution >= 0.6 is 0 Å². The average Bonchev–Trinajstić information content (AvgIpc) is 3.25. The fraction of sp³-hybridized carbons (Fsp3) is 0.688. The van der Waals surface area contributed by atoms with Gasteiger partial charge in [-0.2, -0.15) is 0 Å². The number of rotatable bonds is 5. The Hall–Kier alpha value is -1.73. The molecule has 1 saturated heterocycles. The minimum absolute atomic E-state index is 0.0289. The van der Waals surface area contributed by atoms with Gasteiger partial charge in [0, 0.05) is 58.1 Å². The molecule has 0 radical (unpaired) electrons. The highest BCUT2D eigenvalue weighted by atomic mass is 16.3. The second kappa shape index (κ2) is 6.41. The number of carbonyl (C=O) groups excluding carboxylic acids is 1. The van der Waals surface area contributed by atoms with Crippen LogP contribution in [0.3, 0.4) is 0 Å². The zero-order chi connectivity index (χ0) is 16.6. The molecule has 1 amide bonds. The van der Waals surface area contributed by atoms with Crippen molar-refractivity contribution in [2.24, 2.45) is 5.92 Å². The maximum Gasteiger partial charge on any atom is 0.251 e. The van der Waals surface area contributed by atoms with E-state index in [9.17, 15) is 14.7 Å². The summed E-state index contributed by atoms with van der Waals surface area (Å²) in [5, 5.41) is 10.2. The first-order chi connectivity index (χ1) is 10.9. The number of aliphatic hydroxyl groups excluding tert-OH is 1. The van der Waals surface area contributed by atoms with E-state index >= 15 is 0 Å². The van der Waals surface area contributed by atoms with Crippen molar-refractivity contribution in [2.75, 3.05) is 27.2 Å². The molecule has 2 atom stereocenters. The van der Waals surface area contributed by atoms with Crippen LogP contribution in [0.25, 0.3) is 0 Å². The van der Waals surface area contributed by atoms with Crippen molar-refractivity contribution >= 4 is 5.91 Å². The average molecular weight is 320 g/mol. The molecule has 2 N–H and O–H groups in total. The molecule has 0 aromatic carbocycles. The molecule has 1 aromatic heterocycles. The van der Waals surface area contributed by atoms with Crippen LogP contribution in [0.15, 0.2) is 10.9 Å². The predicted molar refractivity (Wildman–Crippen MR) is 84.9 cm³/mol. The summed E-state index contributed by atoms with van der Waals surface area (Å²) in [5.41, 5.74) is 0.624. The highest BCUT2D eigenvalue weighted by Gasteiger charge is 2.33. The van der Waals surface area contributed by atoms with Gasteiger partial charge in [-0.1, -0.05) is 0 Å². The number of amides is 1. The number of hydrogen-bond donors (Lipinski definition) is 2. The third-order valence-corrected chi connectivity index (χ3v) is 4.58.